The number of anilines is 1. The number of nitrogens with zero attached hydrogens (tertiary/aromatic N) is 1. The first-order valence-electron chi connectivity index (χ1n) is 5.75. The van der Waals surface area contributed by atoms with E-state index in [2.05, 4.69) is 0 Å². The molecule has 1 atom stereocenters. The molecule has 1 fully saturated rings. The van der Waals surface area contributed by atoms with Crippen molar-refractivity contribution in [1.82, 2.24) is 0 Å². The van der Waals surface area contributed by atoms with Gasteiger partial charge in [-0.2, -0.15) is 0 Å². The number of benzene rings is 1. The number of hydrogen-bond acceptors (Lipinski definition) is 3. The maximum Gasteiger partial charge on any atom is 0.239 e. The molecule has 94 valence electrons. The second-order valence-corrected chi connectivity index (χ2v) is 6.69. The largest absolute Gasteiger partial charge is 0.329 e. The van der Waals surface area contributed by atoms with Crippen molar-refractivity contribution < 1.29 is 8.42 Å². The molecule has 17 heavy (non-hydrogen) atoms. The van der Waals surface area contributed by atoms with Crippen molar-refractivity contribution in [3.63, 3.8) is 0 Å². The van der Waals surface area contributed by atoms with E-state index in [1.54, 1.807) is 0 Å². The van der Waals surface area contributed by atoms with Crippen molar-refractivity contribution >= 4 is 15.7 Å². The summed E-state index contributed by atoms with van der Waals surface area (Å²) in [6.07, 6.45) is 0.617. The summed E-state index contributed by atoms with van der Waals surface area (Å²) in [5.74, 6) is 0. The lowest BCUT2D eigenvalue weighted by Crippen LogP contribution is -2.33. The van der Waals surface area contributed by atoms with Gasteiger partial charge in [-0.05, 0) is 31.9 Å². The van der Waals surface area contributed by atoms with Gasteiger partial charge in [-0.15, -0.1) is 0 Å². The quantitative estimate of drug-likeness (QED) is 0.861. The van der Waals surface area contributed by atoms with Crippen LogP contribution in [0.4, 0.5) is 5.69 Å². The number of hydrogen-bond donors (Lipinski definition) is 1. The van der Waals surface area contributed by atoms with Crippen molar-refractivity contribution in [3.8, 4) is 0 Å². The summed E-state index contributed by atoms with van der Waals surface area (Å²) in [6.45, 7) is 4.67. The predicted molar refractivity (Wildman–Crippen MR) is 69.6 cm³/mol. The van der Waals surface area contributed by atoms with Crippen LogP contribution in [-0.2, 0) is 10.0 Å². The molecule has 0 bridgehead atoms. The number of nitrogens with two attached hydrogens (primary N) is 1. The van der Waals surface area contributed by atoms with Crippen molar-refractivity contribution in [2.75, 3.05) is 17.4 Å². The normalized spacial score (nSPS) is 23.0. The molecule has 0 aliphatic carbocycles. The molecule has 0 unspecified atom stereocenters. The van der Waals surface area contributed by atoms with Gasteiger partial charge in [-0.1, -0.05) is 17.7 Å². The molecule has 0 saturated carbocycles. The first-order valence-corrected chi connectivity index (χ1v) is 7.26. The summed E-state index contributed by atoms with van der Waals surface area (Å²) in [7, 11) is -3.26. The van der Waals surface area contributed by atoms with E-state index in [1.165, 1.54) is 4.31 Å². The van der Waals surface area contributed by atoms with Crippen LogP contribution in [-0.4, -0.2) is 26.8 Å². The number of sulfonamides is 1. The van der Waals surface area contributed by atoms with Gasteiger partial charge in [0.05, 0.1) is 10.9 Å². The Hall–Kier alpha value is -1.07. The summed E-state index contributed by atoms with van der Waals surface area (Å²) < 4.78 is 25.9. The van der Waals surface area contributed by atoms with Crippen LogP contribution in [0.1, 0.15) is 17.5 Å². The SMILES string of the molecule is Cc1ccc(N2CC[C@H](CN)S2(=O)=O)c(C)c1. The topological polar surface area (TPSA) is 63.4 Å². The van der Waals surface area contributed by atoms with Crippen molar-refractivity contribution in [2.24, 2.45) is 5.73 Å². The second-order valence-electron chi connectivity index (χ2n) is 4.55. The molecule has 1 aromatic rings. The molecule has 0 aromatic heterocycles. The Bertz CT molecular complexity index is 525. The van der Waals surface area contributed by atoms with Crippen LogP contribution in [0.25, 0.3) is 0 Å². The van der Waals surface area contributed by atoms with Crippen LogP contribution in [0.15, 0.2) is 18.2 Å². The average molecular weight is 254 g/mol. The second kappa shape index (κ2) is 4.31. The zero-order valence-corrected chi connectivity index (χ0v) is 11.0. The maximum atomic E-state index is 12.2. The van der Waals surface area contributed by atoms with Gasteiger partial charge in [0.15, 0.2) is 0 Å². The minimum atomic E-state index is -3.26. The molecule has 0 spiro atoms. The Labute approximate surface area is 102 Å². The lowest BCUT2D eigenvalue weighted by atomic mass is 10.1. The minimum Gasteiger partial charge on any atom is -0.329 e. The predicted octanol–water partition coefficient (Wildman–Crippen LogP) is 1.17. The van der Waals surface area contributed by atoms with E-state index in [0.717, 1.165) is 16.8 Å². The fourth-order valence-corrected chi connectivity index (χ4v) is 4.14. The molecule has 0 radical (unpaired) electrons. The highest BCUT2D eigenvalue weighted by molar-refractivity contribution is 7.93. The van der Waals surface area contributed by atoms with Gasteiger partial charge >= 0.3 is 0 Å². The van der Waals surface area contributed by atoms with E-state index in [1.807, 2.05) is 32.0 Å². The van der Waals surface area contributed by atoms with E-state index in [0.29, 0.717) is 13.0 Å². The number of rotatable bonds is 2. The fourth-order valence-electron chi connectivity index (χ4n) is 2.30. The average Bonchev–Trinajstić information content (AvgIpc) is 2.54. The summed E-state index contributed by atoms with van der Waals surface area (Å²) in [6, 6.07) is 5.81. The van der Waals surface area contributed by atoms with Crippen molar-refractivity contribution in [1.29, 1.82) is 0 Å². The Morgan fingerprint density at radius 2 is 2.12 bits per heavy atom. The highest BCUT2D eigenvalue weighted by Crippen LogP contribution is 2.30. The lowest BCUT2D eigenvalue weighted by molar-refractivity contribution is 0.588. The zero-order chi connectivity index (χ0) is 12.6. The van der Waals surface area contributed by atoms with Crippen molar-refractivity contribution in [2.45, 2.75) is 25.5 Å². The first-order chi connectivity index (χ1) is 7.96. The zero-order valence-electron chi connectivity index (χ0n) is 10.2. The van der Waals surface area contributed by atoms with E-state index in [4.69, 9.17) is 5.73 Å². The maximum absolute atomic E-state index is 12.2. The molecule has 2 rings (SSSR count). The molecule has 1 saturated heterocycles. The van der Waals surface area contributed by atoms with Crippen LogP contribution in [0, 0.1) is 13.8 Å². The Morgan fingerprint density at radius 1 is 1.41 bits per heavy atom. The first kappa shape index (κ1) is 12.4. The minimum absolute atomic E-state index is 0.198. The Morgan fingerprint density at radius 3 is 2.65 bits per heavy atom. The van der Waals surface area contributed by atoms with E-state index in [9.17, 15) is 8.42 Å². The molecule has 2 N–H and O–H groups in total. The van der Waals surface area contributed by atoms with Crippen LogP contribution in [0.3, 0.4) is 0 Å². The Kier molecular flexibility index (Phi) is 3.14. The summed E-state index contributed by atoms with van der Waals surface area (Å²) in [5.41, 5.74) is 8.42. The van der Waals surface area contributed by atoms with Gasteiger partial charge in [0.1, 0.15) is 0 Å². The molecular formula is C12H18N2O2S. The van der Waals surface area contributed by atoms with Crippen LogP contribution >= 0.6 is 0 Å². The van der Waals surface area contributed by atoms with Crippen LogP contribution < -0.4 is 10.0 Å². The third-order valence-electron chi connectivity index (χ3n) is 3.27. The fraction of sp³-hybridized carbons (Fsp3) is 0.500. The highest BCUT2D eigenvalue weighted by Gasteiger charge is 2.38. The highest BCUT2D eigenvalue weighted by atomic mass is 32.2. The third kappa shape index (κ3) is 2.05. The van der Waals surface area contributed by atoms with Crippen LogP contribution in [0.5, 0.6) is 0 Å². The van der Waals surface area contributed by atoms with Gasteiger partial charge in [0, 0.05) is 13.1 Å². The van der Waals surface area contributed by atoms with E-state index in [-0.39, 0.29) is 6.54 Å². The van der Waals surface area contributed by atoms with Gasteiger partial charge in [-0.25, -0.2) is 8.42 Å². The lowest BCUT2D eigenvalue weighted by Gasteiger charge is -2.21. The molecule has 1 aliphatic heterocycles. The Balaban J connectivity index is 2.42. The van der Waals surface area contributed by atoms with Crippen molar-refractivity contribution in [3.05, 3.63) is 29.3 Å². The molecule has 0 amide bonds. The van der Waals surface area contributed by atoms with E-state index < -0.39 is 15.3 Å². The summed E-state index contributed by atoms with van der Waals surface area (Å²) in [5, 5.41) is -0.428. The standard InChI is InChI=1S/C12H18N2O2S/c1-9-3-4-12(10(2)7-9)14-6-5-11(8-13)17(14,15)16/h3-4,7,11H,5-6,8,13H2,1-2H3/t11-/m1/s1. The molecule has 5 heteroatoms. The molecular weight excluding hydrogens is 236 g/mol. The van der Waals surface area contributed by atoms with E-state index >= 15 is 0 Å². The monoisotopic (exact) mass is 254 g/mol. The van der Waals surface area contributed by atoms with Gasteiger partial charge in [0.25, 0.3) is 0 Å². The molecule has 1 aliphatic rings. The summed E-state index contributed by atoms with van der Waals surface area (Å²) in [4.78, 5) is 0. The smallest absolute Gasteiger partial charge is 0.239 e. The number of aryl methyl sites for hydroxylation is 2. The molecule has 1 aromatic carbocycles. The van der Waals surface area contributed by atoms with Gasteiger partial charge < -0.3 is 5.73 Å². The van der Waals surface area contributed by atoms with Gasteiger partial charge in [0.2, 0.25) is 10.0 Å². The summed E-state index contributed by atoms with van der Waals surface area (Å²) >= 11 is 0. The third-order valence-corrected chi connectivity index (χ3v) is 5.53. The van der Waals surface area contributed by atoms with Crippen LogP contribution in [0.2, 0.25) is 0 Å². The molecule has 4 nitrogen and oxygen atoms in total. The molecule has 1 heterocycles. The van der Waals surface area contributed by atoms with Gasteiger partial charge in [-0.3, -0.25) is 4.31 Å².